The molecule has 0 spiro atoms. The van der Waals surface area contributed by atoms with E-state index in [2.05, 4.69) is 5.32 Å². The highest BCUT2D eigenvalue weighted by Crippen LogP contribution is 2.36. The van der Waals surface area contributed by atoms with E-state index >= 15 is 0 Å². The van der Waals surface area contributed by atoms with Crippen LogP contribution in [0.1, 0.15) is 30.1 Å². The summed E-state index contributed by atoms with van der Waals surface area (Å²) in [6.45, 7) is 2.80. The summed E-state index contributed by atoms with van der Waals surface area (Å²) in [4.78, 5) is 25.5. The van der Waals surface area contributed by atoms with Gasteiger partial charge in [0.15, 0.2) is 11.5 Å². The van der Waals surface area contributed by atoms with Gasteiger partial charge in [-0.15, -0.1) is 0 Å². The first-order valence-corrected chi connectivity index (χ1v) is 7.89. The van der Waals surface area contributed by atoms with Gasteiger partial charge in [-0.3, -0.25) is 9.59 Å². The molecule has 1 unspecified atom stereocenters. The topological polar surface area (TPSA) is 67.9 Å². The Bertz CT molecular complexity index is 606. The van der Waals surface area contributed by atoms with Crippen molar-refractivity contribution < 1.29 is 19.1 Å². The Kier molecular flexibility index (Phi) is 5.71. The average Bonchev–Trinajstić information content (AvgIpc) is 2.52. The molecule has 23 heavy (non-hydrogen) atoms. The number of carbonyl (C=O) groups is 2. The molecular weight excluding hydrogens is 320 g/mol. The fourth-order valence-corrected chi connectivity index (χ4v) is 2.80. The van der Waals surface area contributed by atoms with Crippen LogP contribution < -0.4 is 14.8 Å². The van der Waals surface area contributed by atoms with Gasteiger partial charge in [0.05, 0.1) is 18.7 Å². The van der Waals surface area contributed by atoms with Crippen molar-refractivity contribution >= 4 is 23.4 Å². The van der Waals surface area contributed by atoms with Gasteiger partial charge < -0.3 is 19.7 Å². The number of carbonyl (C=O) groups excluding carboxylic acids is 2. The molecule has 1 aliphatic heterocycles. The number of amides is 2. The highest BCUT2D eigenvalue weighted by Gasteiger charge is 2.25. The van der Waals surface area contributed by atoms with E-state index in [1.165, 1.54) is 7.11 Å². The van der Waals surface area contributed by atoms with Crippen LogP contribution in [0.15, 0.2) is 12.1 Å². The molecule has 0 aliphatic carbocycles. The fraction of sp³-hybridized carbons (Fsp3) is 0.500. The van der Waals surface area contributed by atoms with Gasteiger partial charge in [0.1, 0.15) is 0 Å². The van der Waals surface area contributed by atoms with Crippen LogP contribution in [0.3, 0.4) is 0 Å². The van der Waals surface area contributed by atoms with E-state index in [0.717, 1.165) is 0 Å². The van der Waals surface area contributed by atoms with Crippen molar-refractivity contribution in [2.24, 2.45) is 0 Å². The van der Waals surface area contributed by atoms with Crippen molar-refractivity contribution in [2.45, 2.75) is 25.8 Å². The molecule has 0 bridgehead atoms. The monoisotopic (exact) mass is 340 g/mol. The van der Waals surface area contributed by atoms with E-state index in [9.17, 15) is 9.59 Å². The van der Waals surface area contributed by atoms with E-state index in [1.807, 2.05) is 6.92 Å². The van der Waals surface area contributed by atoms with Crippen LogP contribution in [-0.4, -0.2) is 50.1 Å². The van der Waals surface area contributed by atoms with Crippen molar-refractivity contribution in [3.8, 4) is 11.5 Å². The van der Waals surface area contributed by atoms with E-state index in [1.54, 1.807) is 24.1 Å². The number of rotatable bonds is 5. The second-order valence-corrected chi connectivity index (χ2v) is 5.81. The van der Waals surface area contributed by atoms with Crippen molar-refractivity contribution in [3.05, 3.63) is 22.7 Å². The second-order valence-electron chi connectivity index (χ2n) is 5.41. The number of likely N-dealkylation sites (tertiary alicyclic amines) is 1. The molecule has 1 N–H and O–H groups in total. The van der Waals surface area contributed by atoms with Crippen LogP contribution >= 0.6 is 11.6 Å². The summed E-state index contributed by atoms with van der Waals surface area (Å²) in [5, 5.41) is 3.25. The summed E-state index contributed by atoms with van der Waals surface area (Å²) in [6.07, 6.45) is 1.08. The van der Waals surface area contributed by atoms with Gasteiger partial charge in [-0.1, -0.05) is 11.6 Å². The SMILES string of the molecule is CCOc1c(Cl)cc(C(=O)NC2CCC(=O)N(C)C2)cc1OC. The standard InChI is InChI=1S/C16H21ClN2O4/c1-4-23-15-12(17)7-10(8-13(15)22-3)16(21)18-11-5-6-14(20)19(2)9-11/h7-8,11H,4-6,9H2,1-3H3,(H,18,21). The first-order chi connectivity index (χ1) is 11.0. The summed E-state index contributed by atoms with van der Waals surface area (Å²) >= 11 is 6.18. The lowest BCUT2D eigenvalue weighted by Crippen LogP contribution is -2.48. The van der Waals surface area contributed by atoms with E-state index in [0.29, 0.717) is 48.1 Å². The van der Waals surface area contributed by atoms with E-state index in [4.69, 9.17) is 21.1 Å². The second kappa shape index (κ2) is 7.55. The number of hydrogen-bond donors (Lipinski definition) is 1. The molecule has 1 aliphatic rings. The number of benzene rings is 1. The average molecular weight is 341 g/mol. The van der Waals surface area contributed by atoms with Gasteiger partial charge in [0.25, 0.3) is 5.91 Å². The number of nitrogens with zero attached hydrogens (tertiary/aromatic N) is 1. The fourth-order valence-electron chi connectivity index (χ4n) is 2.53. The highest BCUT2D eigenvalue weighted by molar-refractivity contribution is 6.32. The molecule has 1 aromatic rings. The molecular formula is C16H21ClN2O4. The van der Waals surface area contributed by atoms with E-state index < -0.39 is 0 Å². The number of likely N-dealkylation sites (N-methyl/N-ethyl adjacent to an activating group) is 1. The quantitative estimate of drug-likeness (QED) is 0.891. The summed E-state index contributed by atoms with van der Waals surface area (Å²) in [7, 11) is 3.23. The number of nitrogens with one attached hydrogen (secondary N) is 1. The molecule has 7 heteroatoms. The summed E-state index contributed by atoms with van der Waals surface area (Å²) in [6, 6.07) is 3.09. The molecule has 1 saturated heterocycles. The maximum Gasteiger partial charge on any atom is 0.251 e. The molecule has 0 radical (unpaired) electrons. The predicted octanol–water partition coefficient (Wildman–Crippen LogP) is 2.10. The van der Waals surface area contributed by atoms with Crippen LogP contribution in [0.25, 0.3) is 0 Å². The largest absolute Gasteiger partial charge is 0.493 e. The van der Waals surface area contributed by atoms with Gasteiger partial charge in [0.2, 0.25) is 5.91 Å². The van der Waals surface area contributed by atoms with Gasteiger partial charge in [-0.25, -0.2) is 0 Å². The summed E-state index contributed by atoms with van der Waals surface area (Å²) in [5.74, 6) is 0.693. The third-order valence-electron chi connectivity index (χ3n) is 3.74. The number of methoxy groups -OCH3 is 1. The molecule has 0 saturated carbocycles. The minimum atomic E-state index is -0.249. The van der Waals surface area contributed by atoms with Crippen LogP contribution in [0, 0.1) is 0 Å². The van der Waals surface area contributed by atoms with Crippen LogP contribution in [0.4, 0.5) is 0 Å². The maximum atomic E-state index is 12.4. The van der Waals surface area contributed by atoms with Gasteiger partial charge >= 0.3 is 0 Å². The van der Waals surface area contributed by atoms with Crippen LogP contribution in [-0.2, 0) is 4.79 Å². The van der Waals surface area contributed by atoms with Gasteiger partial charge in [-0.05, 0) is 25.5 Å². The zero-order valence-corrected chi connectivity index (χ0v) is 14.3. The number of piperidine rings is 1. The van der Waals surface area contributed by atoms with Crippen molar-refractivity contribution in [1.29, 1.82) is 0 Å². The lowest BCUT2D eigenvalue weighted by Gasteiger charge is -2.30. The lowest BCUT2D eigenvalue weighted by molar-refractivity contribution is -0.132. The minimum absolute atomic E-state index is 0.0680. The lowest BCUT2D eigenvalue weighted by atomic mass is 10.0. The smallest absolute Gasteiger partial charge is 0.251 e. The zero-order valence-electron chi connectivity index (χ0n) is 13.5. The molecule has 1 atom stereocenters. The van der Waals surface area contributed by atoms with Crippen LogP contribution in [0.2, 0.25) is 5.02 Å². The molecule has 1 heterocycles. The summed E-state index contributed by atoms with van der Waals surface area (Å²) < 4.78 is 10.7. The number of hydrogen-bond acceptors (Lipinski definition) is 4. The molecule has 0 aromatic heterocycles. The molecule has 2 rings (SSSR count). The van der Waals surface area contributed by atoms with Gasteiger partial charge in [-0.2, -0.15) is 0 Å². The Balaban J connectivity index is 2.13. The third kappa shape index (κ3) is 4.07. The number of ether oxygens (including phenoxy) is 2. The zero-order chi connectivity index (χ0) is 17.0. The first-order valence-electron chi connectivity index (χ1n) is 7.51. The van der Waals surface area contributed by atoms with Gasteiger partial charge in [0, 0.05) is 31.6 Å². The third-order valence-corrected chi connectivity index (χ3v) is 4.02. The summed E-state index contributed by atoms with van der Waals surface area (Å²) in [5.41, 5.74) is 0.398. The molecule has 2 amide bonds. The molecule has 126 valence electrons. The Morgan fingerprint density at radius 1 is 1.48 bits per heavy atom. The minimum Gasteiger partial charge on any atom is -0.493 e. The van der Waals surface area contributed by atoms with E-state index in [-0.39, 0.29) is 17.9 Å². The maximum absolute atomic E-state index is 12.4. The van der Waals surface area contributed by atoms with Crippen LogP contribution in [0.5, 0.6) is 11.5 Å². The Labute approximate surface area is 140 Å². The highest BCUT2D eigenvalue weighted by atomic mass is 35.5. The molecule has 6 nitrogen and oxygen atoms in total. The van der Waals surface area contributed by atoms with Crippen molar-refractivity contribution in [2.75, 3.05) is 27.3 Å². The normalized spacial score (nSPS) is 17.8. The molecule has 1 aromatic carbocycles. The first kappa shape index (κ1) is 17.4. The Hall–Kier alpha value is -1.95. The van der Waals surface area contributed by atoms with Crippen molar-refractivity contribution in [3.63, 3.8) is 0 Å². The Morgan fingerprint density at radius 3 is 2.83 bits per heavy atom. The molecule has 1 fully saturated rings. The van der Waals surface area contributed by atoms with Crippen molar-refractivity contribution in [1.82, 2.24) is 10.2 Å². The predicted molar refractivity (Wildman–Crippen MR) is 87.3 cm³/mol. The number of halogens is 1. The Morgan fingerprint density at radius 2 is 2.22 bits per heavy atom.